The molecular weight excluding hydrogens is 378 g/mol. The molecular formula is C18H19N7O4. The van der Waals surface area contributed by atoms with Crippen LogP contribution in [0.3, 0.4) is 0 Å². The molecule has 11 heteroatoms. The van der Waals surface area contributed by atoms with Crippen molar-refractivity contribution in [3.63, 3.8) is 0 Å². The molecule has 29 heavy (non-hydrogen) atoms. The van der Waals surface area contributed by atoms with E-state index in [0.717, 1.165) is 5.69 Å². The van der Waals surface area contributed by atoms with Crippen LogP contribution in [0.2, 0.25) is 0 Å². The van der Waals surface area contributed by atoms with Crippen molar-refractivity contribution in [3.8, 4) is 0 Å². The zero-order valence-corrected chi connectivity index (χ0v) is 15.3. The fourth-order valence-electron chi connectivity index (χ4n) is 2.45. The summed E-state index contributed by atoms with van der Waals surface area (Å²) in [5, 5.41) is 14.2. The Morgan fingerprint density at radius 1 is 1.28 bits per heavy atom. The summed E-state index contributed by atoms with van der Waals surface area (Å²) in [6.45, 7) is 4.07. The number of rotatable bonds is 8. The molecule has 0 saturated carbocycles. The summed E-state index contributed by atoms with van der Waals surface area (Å²) < 4.78 is 0. The molecule has 3 rings (SSSR count). The molecule has 0 spiro atoms. The van der Waals surface area contributed by atoms with E-state index in [0.29, 0.717) is 30.8 Å². The Kier molecular flexibility index (Phi) is 6.00. The number of H-pyrrole nitrogens is 1. The van der Waals surface area contributed by atoms with Crippen molar-refractivity contribution in [3.05, 3.63) is 64.4 Å². The summed E-state index contributed by atoms with van der Waals surface area (Å²) in [6, 6.07) is 6.82. The summed E-state index contributed by atoms with van der Waals surface area (Å²) in [5.74, 6) is -0.102. The molecule has 0 radical (unpaired) electrons. The molecule has 0 atom stereocenters. The molecule has 1 aromatic carbocycles. The zero-order chi connectivity index (χ0) is 20.8. The van der Waals surface area contributed by atoms with Crippen LogP contribution < -0.4 is 21.9 Å². The number of hydrogen-bond acceptors (Lipinski definition) is 9. The highest BCUT2D eigenvalue weighted by molar-refractivity contribution is 5.94. The van der Waals surface area contributed by atoms with Crippen molar-refractivity contribution in [2.24, 2.45) is 0 Å². The summed E-state index contributed by atoms with van der Waals surface area (Å²) in [7, 11) is 0. The van der Waals surface area contributed by atoms with Gasteiger partial charge in [-0.25, -0.2) is 15.2 Å². The summed E-state index contributed by atoms with van der Waals surface area (Å²) in [4.78, 5) is 42.6. The summed E-state index contributed by atoms with van der Waals surface area (Å²) in [5.41, 5.74) is 7.10. The quantitative estimate of drug-likeness (QED) is 0.212. The van der Waals surface area contributed by atoms with Gasteiger partial charge in [-0.1, -0.05) is 6.58 Å². The molecule has 2 aromatic heterocycles. The van der Waals surface area contributed by atoms with E-state index in [1.165, 1.54) is 6.20 Å². The van der Waals surface area contributed by atoms with Crippen molar-refractivity contribution in [2.75, 3.05) is 17.6 Å². The van der Waals surface area contributed by atoms with Gasteiger partial charge in [-0.3, -0.25) is 14.6 Å². The van der Waals surface area contributed by atoms with Gasteiger partial charge >= 0.3 is 0 Å². The second-order valence-electron chi connectivity index (χ2n) is 6.05. The van der Waals surface area contributed by atoms with E-state index in [-0.39, 0.29) is 28.8 Å². The molecule has 0 unspecified atom stereocenters. The lowest BCUT2D eigenvalue weighted by molar-refractivity contribution is -0.204. The minimum atomic E-state index is -0.452. The van der Waals surface area contributed by atoms with Crippen LogP contribution in [0.5, 0.6) is 0 Å². The SMILES string of the molecule is C=C(CCNC(=O)c1ccc(NCc2cnc3nc(N)[nH]c(=O)c3n2)cc1)OO. The number of anilines is 2. The molecule has 0 bridgehead atoms. The molecule has 0 fully saturated rings. The normalized spacial score (nSPS) is 10.5. The molecule has 3 aromatic rings. The zero-order valence-electron chi connectivity index (χ0n) is 15.3. The van der Waals surface area contributed by atoms with Gasteiger partial charge in [-0.05, 0) is 24.3 Å². The van der Waals surface area contributed by atoms with Crippen LogP contribution in [0.1, 0.15) is 22.5 Å². The average Bonchev–Trinajstić information content (AvgIpc) is 2.72. The minimum Gasteiger partial charge on any atom is -0.379 e. The van der Waals surface area contributed by atoms with E-state index in [1.807, 2.05) is 0 Å². The monoisotopic (exact) mass is 397 g/mol. The number of nitrogens with one attached hydrogen (secondary N) is 3. The van der Waals surface area contributed by atoms with E-state index < -0.39 is 5.56 Å². The predicted molar refractivity (Wildman–Crippen MR) is 106 cm³/mol. The number of amides is 1. The van der Waals surface area contributed by atoms with E-state index in [2.05, 4.69) is 42.0 Å². The van der Waals surface area contributed by atoms with Gasteiger partial charge in [0.1, 0.15) is 5.76 Å². The lowest BCUT2D eigenvalue weighted by atomic mass is 10.2. The number of carbonyl (C=O) groups is 1. The fourth-order valence-corrected chi connectivity index (χ4v) is 2.45. The van der Waals surface area contributed by atoms with Crippen molar-refractivity contribution in [1.29, 1.82) is 0 Å². The maximum Gasteiger partial charge on any atom is 0.280 e. The average molecular weight is 397 g/mol. The Morgan fingerprint density at radius 3 is 2.76 bits per heavy atom. The number of hydrogen-bond donors (Lipinski definition) is 5. The van der Waals surface area contributed by atoms with Crippen LogP contribution in [-0.2, 0) is 11.4 Å². The van der Waals surface area contributed by atoms with Crippen LogP contribution in [-0.4, -0.2) is 37.6 Å². The lowest BCUT2D eigenvalue weighted by Gasteiger charge is -2.08. The maximum atomic E-state index is 12.1. The molecule has 2 heterocycles. The Morgan fingerprint density at radius 2 is 2.03 bits per heavy atom. The van der Waals surface area contributed by atoms with Crippen LogP contribution in [0.25, 0.3) is 11.2 Å². The maximum absolute atomic E-state index is 12.1. The Balaban J connectivity index is 1.59. The first-order valence-electron chi connectivity index (χ1n) is 8.59. The van der Waals surface area contributed by atoms with Gasteiger partial charge in [0.2, 0.25) is 5.95 Å². The number of carbonyl (C=O) groups excluding carboxylic acids is 1. The van der Waals surface area contributed by atoms with Crippen molar-refractivity contribution >= 4 is 28.7 Å². The fraction of sp³-hybridized carbons (Fsp3) is 0.167. The number of aromatic nitrogens is 4. The second kappa shape index (κ2) is 8.80. The smallest absolute Gasteiger partial charge is 0.280 e. The molecule has 0 aliphatic heterocycles. The van der Waals surface area contributed by atoms with E-state index in [9.17, 15) is 9.59 Å². The van der Waals surface area contributed by atoms with Crippen molar-refractivity contribution in [1.82, 2.24) is 25.3 Å². The molecule has 0 aliphatic carbocycles. The van der Waals surface area contributed by atoms with Crippen LogP contribution in [0, 0.1) is 0 Å². The van der Waals surface area contributed by atoms with E-state index in [4.69, 9.17) is 11.0 Å². The summed E-state index contributed by atoms with van der Waals surface area (Å²) >= 11 is 0. The van der Waals surface area contributed by atoms with Crippen LogP contribution >= 0.6 is 0 Å². The van der Waals surface area contributed by atoms with Crippen LogP contribution in [0.15, 0.2) is 47.6 Å². The topological polar surface area (TPSA) is 168 Å². The number of nitrogens with two attached hydrogens (primary N) is 1. The Hall–Kier alpha value is -3.99. The van der Waals surface area contributed by atoms with Crippen LogP contribution in [0.4, 0.5) is 11.6 Å². The number of nitrogens with zero attached hydrogens (tertiary/aromatic N) is 3. The van der Waals surface area contributed by atoms with Gasteiger partial charge in [-0.15, -0.1) is 0 Å². The van der Waals surface area contributed by atoms with E-state index >= 15 is 0 Å². The lowest BCUT2D eigenvalue weighted by Crippen LogP contribution is -2.24. The Labute approximate surface area is 164 Å². The largest absolute Gasteiger partial charge is 0.379 e. The standard InChI is InChI=1S/C18H19N7O4/c1-10(29-28)6-7-20-16(26)11-2-4-12(5-3-11)21-8-13-9-22-15-14(23-13)17(27)25-18(19)24-15/h2-5,9,21,28H,1,6-8H2,(H,20,26)(H3,19,22,24,25,27). The first-order chi connectivity index (χ1) is 14.0. The Bertz CT molecular complexity index is 1100. The second-order valence-corrected chi connectivity index (χ2v) is 6.05. The highest BCUT2D eigenvalue weighted by Gasteiger charge is 2.08. The van der Waals surface area contributed by atoms with Gasteiger partial charge in [0.25, 0.3) is 11.5 Å². The van der Waals surface area contributed by atoms with Crippen molar-refractivity contribution < 1.29 is 14.9 Å². The number of nitrogen functional groups attached to an aromatic ring is 1. The third-order valence-electron chi connectivity index (χ3n) is 3.93. The number of fused-ring (bicyclic) bond motifs is 1. The molecule has 1 amide bonds. The first kappa shape index (κ1) is 19.8. The molecule has 11 nitrogen and oxygen atoms in total. The van der Waals surface area contributed by atoms with Crippen molar-refractivity contribution in [2.45, 2.75) is 13.0 Å². The third-order valence-corrected chi connectivity index (χ3v) is 3.93. The van der Waals surface area contributed by atoms with Gasteiger partial charge < -0.3 is 21.3 Å². The van der Waals surface area contributed by atoms with Gasteiger partial charge in [-0.2, -0.15) is 4.98 Å². The number of aromatic amines is 1. The number of benzene rings is 1. The summed E-state index contributed by atoms with van der Waals surface area (Å²) in [6.07, 6.45) is 1.81. The van der Waals surface area contributed by atoms with Gasteiger partial charge in [0.15, 0.2) is 11.2 Å². The highest BCUT2D eigenvalue weighted by Crippen LogP contribution is 2.11. The minimum absolute atomic E-state index is 0.0153. The molecule has 0 saturated heterocycles. The first-order valence-corrected chi connectivity index (χ1v) is 8.59. The highest BCUT2D eigenvalue weighted by atomic mass is 17.1. The van der Waals surface area contributed by atoms with Gasteiger partial charge in [0, 0.05) is 24.2 Å². The molecule has 150 valence electrons. The van der Waals surface area contributed by atoms with E-state index in [1.54, 1.807) is 24.3 Å². The molecule has 6 N–H and O–H groups in total. The predicted octanol–water partition coefficient (Wildman–Crippen LogP) is 1.03. The third kappa shape index (κ3) is 5.05. The molecule has 0 aliphatic rings. The van der Waals surface area contributed by atoms with Gasteiger partial charge in [0.05, 0.1) is 18.4 Å².